The SMILES string of the molecule is Nc1cc2cccnc2c(-c2cccc([N+](=O)[O-])c2)n1. The first-order valence-corrected chi connectivity index (χ1v) is 5.91. The summed E-state index contributed by atoms with van der Waals surface area (Å²) < 4.78 is 0. The van der Waals surface area contributed by atoms with Crippen LogP contribution in [-0.4, -0.2) is 14.9 Å². The molecule has 3 aromatic rings. The predicted molar refractivity (Wildman–Crippen MR) is 76.0 cm³/mol. The smallest absolute Gasteiger partial charge is 0.270 e. The number of aromatic nitrogens is 2. The van der Waals surface area contributed by atoms with E-state index >= 15 is 0 Å². The van der Waals surface area contributed by atoms with Crippen molar-refractivity contribution < 1.29 is 4.92 Å². The van der Waals surface area contributed by atoms with Crippen molar-refractivity contribution in [3.63, 3.8) is 0 Å². The van der Waals surface area contributed by atoms with Crippen LogP contribution < -0.4 is 5.73 Å². The van der Waals surface area contributed by atoms with Crippen molar-refractivity contribution in [3.8, 4) is 11.3 Å². The lowest BCUT2D eigenvalue weighted by molar-refractivity contribution is -0.384. The molecule has 0 amide bonds. The zero-order chi connectivity index (χ0) is 14.1. The molecule has 6 nitrogen and oxygen atoms in total. The van der Waals surface area contributed by atoms with E-state index < -0.39 is 4.92 Å². The molecule has 2 heterocycles. The fourth-order valence-electron chi connectivity index (χ4n) is 2.07. The number of anilines is 1. The Balaban J connectivity index is 2.29. The third kappa shape index (κ3) is 2.03. The van der Waals surface area contributed by atoms with Crippen LogP contribution >= 0.6 is 0 Å². The Bertz CT molecular complexity index is 817. The molecule has 20 heavy (non-hydrogen) atoms. The molecule has 2 N–H and O–H groups in total. The van der Waals surface area contributed by atoms with Crippen molar-refractivity contribution in [1.29, 1.82) is 0 Å². The van der Waals surface area contributed by atoms with Crippen molar-refractivity contribution in [1.82, 2.24) is 9.97 Å². The molecule has 0 saturated heterocycles. The Hall–Kier alpha value is -3.02. The number of non-ortho nitro benzene ring substituents is 1. The maximum absolute atomic E-state index is 10.9. The molecular weight excluding hydrogens is 256 g/mol. The van der Waals surface area contributed by atoms with Crippen LogP contribution in [0, 0.1) is 10.1 Å². The summed E-state index contributed by atoms with van der Waals surface area (Å²) in [5.74, 6) is 0.354. The van der Waals surface area contributed by atoms with Crippen LogP contribution in [0.1, 0.15) is 0 Å². The molecule has 6 heteroatoms. The fourth-order valence-corrected chi connectivity index (χ4v) is 2.07. The number of nitrogen functional groups attached to an aromatic ring is 1. The van der Waals surface area contributed by atoms with Gasteiger partial charge < -0.3 is 5.73 Å². The maximum Gasteiger partial charge on any atom is 0.270 e. The molecule has 0 aliphatic heterocycles. The average molecular weight is 266 g/mol. The van der Waals surface area contributed by atoms with Gasteiger partial charge in [-0.25, -0.2) is 4.98 Å². The minimum absolute atomic E-state index is 0.0100. The Kier molecular flexibility index (Phi) is 2.76. The van der Waals surface area contributed by atoms with E-state index in [1.165, 1.54) is 12.1 Å². The first kappa shape index (κ1) is 12.0. The van der Waals surface area contributed by atoms with Crippen LogP contribution in [0.4, 0.5) is 11.5 Å². The number of nitrogens with two attached hydrogens (primary N) is 1. The lowest BCUT2D eigenvalue weighted by Gasteiger charge is -2.06. The first-order chi connectivity index (χ1) is 9.65. The number of pyridine rings is 2. The highest BCUT2D eigenvalue weighted by Gasteiger charge is 2.12. The summed E-state index contributed by atoms with van der Waals surface area (Å²) in [5.41, 5.74) is 7.63. The summed E-state index contributed by atoms with van der Waals surface area (Å²) in [6.45, 7) is 0. The van der Waals surface area contributed by atoms with Gasteiger partial charge in [-0.3, -0.25) is 15.1 Å². The lowest BCUT2D eigenvalue weighted by atomic mass is 10.1. The van der Waals surface area contributed by atoms with Gasteiger partial charge in [-0.1, -0.05) is 18.2 Å². The van der Waals surface area contributed by atoms with Gasteiger partial charge in [0.1, 0.15) is 5.82 Å². The highest BCUT2D eigenvalue weighted by molar-refractivity contribution is 5.93. The van der Waals surface area contributed by atoms with E-state index in [1.807, 2.05) is 6.07 Å². The standard InChI is InChI=1S/C14H10N4O2/c15-12-8-10-4-2-6-16-13(10)14(17-12)9-3-1-5-11(7-9)18(19)20/h1-8H,(H2,15,17). The molecule has 0 aliphatic carbocycles. The van der Waals surface area contributed by atoms with Gasteiger partial charge in [-0.2, -0.15) is 0 Å². The van der Waals surface area contributed by atoms with Gasteiger partial charge in [0.15, 0.2) is 0 Å². The second kappa shape index (κ2) is 4.58. The van der Waals surface area contributed by atoms with Crippen molar-refractivity contribution in [2.75, 3.05) is 5.73 Å². The van der Waals surface area contributed by atoms with Crippen LogP contribution in [0.5, 0.6) is 0 Å². The molecular formula is C14H10N4O2. The molecule has 98 valence electrons. The minimum Gasteiger partial charge on any atom is -0.384 e. The van der Waals surface area contributed by atoms with Crippen LogP contribution in [0.15, 0.2) is 48.7 Å². The lowest BCUT2D eigenvalue weighted by Crippen LogP contribution is -1.96. The summed E-state index contributed by atoms with van der Waals surface area (Å²) in [5, 5.41) is 11.7. The van der Waals surface area contributed by atoms with E-state index in [4.69, 9.17) is 5.73 Å². The minimum atomic E-state index is -0.439. The molecule has 0 atom stereocenters. The van der Waals surface area contributed by atoms with Crippen molar-refractivity contribution in [2.45, 2.75) is 0 Å². The second-order valence-electron chi connectivity index (χ2n) is 4.28. The number of fused-ring (bicyclic) bond motifs is 1. The van der Waals surface area contributed by atoms with Crippen molar-refractivity contribution >= 4 is 22.4 Å². The number of hydrogen-bond donors (Lipinski definition) is 1. The second-order valence-corrected chi connectivity index (χ2v) is 4.28. The highest BCUT2D eigenvalue weighted by Crippen LogP contribution is 2.28. The summed E-state index contributed by atoms with van der Waals surface area (Å²) >= 11 is 0. The quantitative estimate of drug-likeness (QED) is 0.568. The van der Waals surface area contributed by atoms with Gasteiger partial charge in [-0.05, 0) is 12.1 Å². The number of benzene rings is 1. The van der Waals surface area contributed by atoms with Gasteiger partial charge in [-0.15, -0.1) is 0 Å². The third-order valence-corrected chi connectivity index (χ3v) is 2.94. The van der Waals surface area contributed by atoms with Gasteiger partial charge in [0.2, 0.25) is 0 Å². The van der Waals surface area contributed by atoms with Crippen LogP contribution in [0.25, 0.3) is 22.2 Å². The van der Waals surface area contributed by atoms with Crippen LogP contribution in [0.2, 0.25) is 0 Å². The summed E-state index contributed by atoms with van der Waals surface area (Å²) in [6.07, 6.45) is 1.65. The summed E-state index contributed by atoms with van der Waals surface area (Å²) in [4.78, 5) is 19.0. The molecule has 0 fully saturated rings. The number of nitro groups is 1. The number of nitro benzene ring substituents is 1. The van der Waals surface area contributed by atoms with Crippen molar-refractivity contribution in [2.24, 2.45) is 0 Å². The monoisotopic (exact) mass is 266 g/mol. The molecule has 0 saturated carbocycles. The fraction of sp³-hybridized carbons (Fsp3) is 0. The zero-order valence-corrected chi connectivity index (χ0v) is 10.4. The van der Waals surface area contributed by atoms with Crippen LogP contribution in [-0.2, 0) is 0 Å². The van der Waals surface area contributed by atoms with Crippen LogP contribution in [0.3, 0.4) is 0 Å². The van der Waals surface area contributed by atoms with E-state index in [1.54, 1.807) is 30.5 Å². The number of hydrogen-bond acceptors (Lipinski definition) is 5. The van der Waals surface area contributed by atoms with E-state index in [0.717, 1.165) is 5.39 Å². The van der Waals surface area contributed by atoms with Crippen molar-refractivity contribution in [3.05, 3.63) is 58.8 Å². The Labute approximate surface area is 114 Å². The largest absolute Gasteiger partial charge is 0.384 e. The van der Waals surface area contributed by atoms with E-state index in [-0.39, 0.29) is 5.69 Å². The topological polar surface area (TPSA) is 94.9 Å². The number of rotatable bonds is 2. The van der Waals surface area contributed by atoms with E-state index in [9.17, 15) is 10.1 Å². The van der Waals surface area contributed by atoms with E-state index in [0.29, 0.717) is 22.6 Å². The van der Waals surface area contributed by atoms with Gasteiger partial charge >= 0.3 is 0 Å². The Morgan fingerprint density at radius 1 is 1.15 bits per heavy atom. The molecule has 3 rings (SSSR count). The van der Waals surface area contributed by atoms with E-state index in [2.05, 4.69) is 9.97 Å². The zero-order valence-electron chi connectivity index (χ0n) is 10.4. The maximum atomic E-state index is 10.9. The molecule has 0 unspecified atom stereocenters. The predicted octanol–water partition coefficient (Wildman–Crippen LogP) is 2.79. The summed E-state index contributed by atoms with van der Waals surface area (Å²) in [7, 11) is 0. The average Bonchev–Trinajstić information content (AvgIpc) is 2.46. The van der Waals surface area contributed by atoms with Gasteiger partial charge in [0.25, 0.3) is 5.69 Å². The molecule has 2 aromatic heterocycles. The Morgan fingerprint density at radius 3 is 2.80 bits per heavy atom. The Morgan fingerprint density at radius 2 is 2.00 bits per heavy atom. The number of nitrogens with zero attached hydrogens (tertiary/aromatic N) is 3. The first-order valence-electron chi connectivity index (χ1n) is 5.91. The molecule has 0 aliphatic rings. The molecule has 0 bridgehead atoms. The van der Waals surface area contributed by atoms with Gasteiger partial charge in [0, 0.05) is 29.3 Å². The molecule has 1 aromatic carbocycles. The molecule has 0 spiro atoms. The highest BCUT2D eigenvalue weighted by atomic mass is 16.6. The van der Waals surface area contributed by atoms with Gasteiger partial charge in [0.05, 0.1) is 16.1 Å². The third-order valence-electron chi connectivity index (χ3n) is 2.94. The molecule has 0 radical (unpaired) electrons. The summed E-state index contributed by atoms with van der Waals surface area (Å²) in [6, 6.07) is 11.7. The normalized spacial score (nSPS) is 10.6.